The SMILES string of the molecule is O=C(O)C1CN(C(=O)c2scc(CNCS(=O)(=O)c3ccc(Br)cc3)c2Cl)c2ccccc2O1. The molecule has 2 N–H and O–H groups in total. The molecule has 1 atom stereocenters. The molecule has 1 aliphatic rings. The summed E-state index contributed by atoms with van der Waals surface area (Å²) in [6.07, 6.45) is -1.21. The van der Waals surface area contributed by atoms with Crippen LogP contribution in [0.15, 0.2) is 63.3 Å². The first kappa shape index (κ1) is 24.7. The average molecular weight is 586 g/mol. The molecule has 0 fully saturated rings. The second kappa shape index (κ2) is 10.0. The molecular weight excluding hydrogens is 568 g/mol. The number of benzene rings is 2. The van der Waals surface area contributed by atoms with E-state index in [0.29, 0.717) is 17.0 Å². The summed E-state index contributed by atoms with van der Waals surface area (Å²) in [5.74, 6) is -1.64. The highest BCUT2D eigenvalue weighted by atomic mass is 79.9. The first-order valence-corrected chi connectivity index (χ1v) is 13.6. The molecule has 1 aromatic heterocycles. The van der Waals surface area contributed by atoms with Gasteiger partial charge in [0.25, 0.3) is 5.91 Å². The molecule has 3 aromatic rings. The van der Waals surface area contributed by atoms with Crippen LogP contribution in [0.5, 0.6) is 5.75 Å². The van der Waals surface area contributed by atoms with Gasteiger partial charge in [0.15, 0.2) is 9.84 Å². The van der Waals surface area contributed by atoms with Gasteiger partial charge in [-0.1, -0.05) is 39.7 Å². The zero-order valence-electron chi connectivity index (χ0n) is 17.4. The lowest BCUT2D eigenvalue weighted by molar-refractivity contribution is -0.144. The number of carbonyl (C=O) groups excluding carboxylic acids is 1. The number of carbonyl (C=O) groups is 2. The van der Waals surface area contributed by atoms with Crippen molar-refractivity contribution in [3.05, 3.63) is 73.8 Å². The van der Waals surface area contributed by atoms with Crippen LogP contribution >= 0.6 is 38.9 Å². The van der Waals surface area contributed by atoms with Crippen LogP contribution in [0, 0.1) is 0 Å². The Bertz CT molecular complexity index is 1340. The van der Waals surface area contributed by atoms with Gasteiger partial charge in [0.1, 0.15) is 16.5 Å². The lowest BCUT2D eigenvalue weighted by atomic mass is 10.1. The van der Waals surface area contributed by atoms with Crippen LogP contribution in [0.25, 0.3) is 0 Å². The van der Waals surface area contributed by atoms with Crippen molar-refractivity contribution in [2.75, 3.05) is 17.3 Å². The fourth-order valence-electron chi connectivity index (χ4n) is 3.37. The van der Waals surface area contributed by atoms with E-state index in [1.807, 2.05) is 0 Å². The van der Waals surface area contributed by atoms with Crippen molar-refractivity contribution in [1.82, 2.24) is 5.32 Å². The summed E-state index contributed by atoms with van der Waals surface area (Å²) >= 11 is 10.9. The van der Waals surface area contributed by atoms with Gasteiger partial charge in [-0.15, -0.1) is 11.3 Å². The quantitative estimate of drug-likeness (QED) is 0.428. The highest BCUT2D eigenvalue weighted by Crippen LogP contribution is 2.37. The molecule has 178 valence electrons. The van der Waals surface area contributed by atoms with Gasteiger partial charge in [-0.3, -0.25) is 15.0 Å². The minimum absolute atomic E-state index is 0.135. The first-order chi connectivity index (χ1) is 16.2. The number of aliphatic carboxylic acids is 1. The number of sulfone groups is 1. The highest BCUT2D eigenvalue weighted by molar-refractivity contribution is 9.10. The number of ether oxygens (including phenoxy) is 1. The van der Waals surface area contributed by atoms with Crippen molar-refractivity contribution in [3.8, 4) is 5.75 Å². The Balaban J connectivity index is 1.48. The van der Waals surface area contributed by atoms with Gasteiger partial charge in [0, 0.05) is 11.0 Å². The molecule has 1 unspecified atom stereocenters. The predicted octanol–water partition coefficient (Wildman–Crippen LogP) is 4.18. The number of hydrogen-bond acceptors (Lipinski definition) is 7. The summed E-state index contributed by atoms with van der Waals surface area (Å²) in [4.78, 5) is 26.6. The maximum Gasteiger partial charge on any atom is 0.346 e. The number of hydrogen-bond donors (Lipinski definition) is 2. The molecule has 1 aliphatic heterocycles. The number of anilines is 1. The van der Waals surface area contributed by atoms with E-state index in [1.54, 1.807) is 41.8 Å². The number of carboxylic acids is 1. The highest BCUT2D eigenvalue weighted by Gasteiger charge is 2.35. The summed E-state index contributed by atoms with van der Waals surface area (Å²) in [5, 5.41) is 14.1. The second-order valence-electron chi connectivity index (χ2n) is 7.37. The Labute approximate surface area is 213 Å². The smallest absolute Gasteiger partial charge is 0.346 e. The number of para-hydroxylation sites is 2. The Morgan fingerprint density at radius 2 is 1.91 bits per heavy atom. The third-order valence-electron chi connectivity index (χ3n) is 5.07. The molecule has 4 rings (SSSR count). The number of thiophene rings is 1. The fourth-order valence-corrected chi connectivity index (χ4v) is 6.03. The number of rotatable bonds is 7. The number of nitrogens with zero attached hydrogens (tertiary/aromatic N) is 1. The van der Waals surface area contributed by atoms with Gasteiger partial charge in [0.05, 0.1) is 22.2 Å². The summed E-state index contributed by atoms with van der Waals surface area (Å²) in [6, 6.07) is 13.0. The lowest BCUT2D eigenvalue weighted by Crippen LogP contribution is -2.47. The Morgan fingerprint density at radius 1 is 1.21 bits per heavy atom. The van der Waals surface area contributed by atoms with Gasteiger partial charge in [0.2, 0.25) is 6.10 Å². The number of carboxylic acid groups (broad SMARTS) is 1. The van der Waals surface area contributed by atoms with Gasteiger partial charge >= 0.3 is 5.97 Å². The monoisotopic (exact) mass is 584 g/mol. The normalized spacial score (nSPS) is 15.5. The van der Waals surface area contributed by atoms with E-state index < -0.39 is 27.8 Å². The number of amides is 1. The predicted molar refractivity (Wildman–Crippen MR) is 133 cm³/mol. The van der Waals surface area contributed by atoms with Crippen molar-refractivity contribution in [2.45, 2.75) is 17.5 Å². The topological polar surface area (TPSA) is 113 Å². The van der Waals surface area contributed by atoms with Crippen molar-refractivity contribution in [1.29, 1.82) is 0 Å². The maximum atomic E-state index is 13.3. The molecule has 0 bridgehead atoms. The lowest BCUT2D eigenvalue weighted by Gasteiger charge is -2.32. The zero-order chi connectivity index (χ0) is 24.5. The third-order valence-corrected chi connectivity index (χ3v) is 8.73. The van der Waals surface area contributed by atoms with E-state index in [1.165, 1.54) is 17.0 Å². The third kappa shape index (κ3) is 5.13. The summed E-state index contributed by atoms with van der Waals surface area (Å²) in [6.45, 7) is -0.0335. The molecule has 0 spiro atoms. The van der Waals surface area contributed by atoms with Crippen molar-refractivity contribution in [2.24, 2.45) is 0 Å². The van der Waals surface area contributed by atoms with Crippen LogP contribution in [0.2, 0.25) is 5.02 Å². The Morgan fingerprint density at radius 3 is 2.62 bits per heavy atom. The van der Waals surface area contributed by atoms with E-state index in [2.05, 4.69) is 21.2 Å². The van der Waals surface area contributed by atoms with E-state index in [0.717, 1.165) is 15.8 Å². The summed E-state index contributed by atoms with van der Waals surface area (Å²) in [7, 11) is -3.55. The van der Waals surface area contributed by atoms with Crippen LogP contribution in [-0.2, 0) is 21.2 Å². The molecule has 8 nitrogen and oxygen atoms in total. The number of halogens is 2. The minimum Gasteiger partial charge on any atom is -0.478 e. The molecule has 2 heterocycles. The molecule has 2 aromatic carbocycles. The Kier molecular flexibility index (Phi) is 7.29. The van der Waals surface area contributed by atoms with E-state index in [9.17, 15) is 23.1 Å². The standard InChI is InChI=1S/C22H18BrClN2O6S2/c23-14-5-7-15(8-6-14)34(30,31)12-25-9-13-11-33-20(19(13)24)21(27)26-10-18(22(28)29)32-17-4-2-1-3-16(17)26/h1-8,11,18,25H,9-10,12H2,(H,28,29). The molecular formula is C22H18BrClN2O6S2. The molecule has 1 amide bonds. The van der Waals surface area contributed by atoms with Crippen LogP contribution < -0.4 is 15.0 Å². The molecule has 0 aliphatic carbocycles. The minimum atomic E-state index is -3.55. The van der Waals surface area contributed by atoms with Crippen LogP contribution in [0.3, 0.4) is 0 Å². The van der Waals surface area contributed by atoms with Crippen LogP contribution in [0.1, 0.15) is 15.2 Å². The largest absolute Gasteiger partial charge is 0.478 e. The van der Waals surface area contributed by atoms with Crippen LogP contribution in [0.4, 0.5) is 5.69 Å². The van der Waals surface area contributed by atoms with Crippen molar-refractivity contribution >= 4 is 66.3 Å². The molecule has 34 heavy (non-hydrogen) atoms. The van der Waals surface area contributed by atoms with Gasteiger partial charge in [-0.2, -0.15) is 0 Å². The number of nitrogens with one attached hydrogen (secondary N) is 1. The summed E-state index contributed by atoms with van der Waals surface area (Å²) in [5.41, 5.74) is 1.02. The van der Waals surface area contributed by atoms with Crippen molar-refractivity contribution < 1.29 is 27.9 Å². The van der Waals surface area contributed by atoms with Gasteiger partial charge < -0.3 is 9.84 Å². The molecule has 0 saturated heterocycles. The van der Waals surface area contributed by atoms with E-state index >= 15 is 0 Å². The van der Waals surface area contributed by atoms with E-state index in [4.69, 9.17) is 16.3 Å². The zero-order valence-corrected chi connectivity index (χ0v) is 21.4. The Hall–Kier alpha value is -2.44. The second-order valence-corrected chi connectivity index (χ2v) is 11.5. The summed E-state index contributed by atoms with van der Waals surface area (Å²) < 4.78 is 31.3. The maximum absolute atomic E-state index is 13.3. The molecule has 0 saturated carbocycles. The van der Waals surface area contributed by atoms with Crippen molar-refractivity contribution in [3.63, 3.8) is 0 Å². The van der Waals surface area contributed by atoms with Gasteiger partial charge in [-0.05, 0) is 47.3 Å². The van der Waals surface area contributed by atoms with Gasteiger partial charge in [-0.25, -0.2) is 13.2 Å². The fraction of sp³-hybridized carbons (Fsp3) is 0.182. The van der Waals surface area contributed by atoms with E-state index in [-0.39, 0.29) is 33.8 Å². The molecule has 0 radical (unpaired) electrons. The average Bonchev–Trinajstić information content (AvgIpc) is 3.18. The number of fused-ring (bicyclic) bond motifs is 1. The first-order valence-electron chi connectivity index (χ1n) is 9.92. The van der Waals surface area contributed by atoms with Crippen LogP contribution in [-0.4, -0.2) is 43.9 Å². The molecule has 12 heteroatoms.